The molecule has 0 saturated carbocycles. The highest BCUT2D eigenvalue weighted by atomic mass is 127. The number of hydrogen-bond acceptors (Lipinski definition) is 1. The van der Waals surface area contributed by atoms with E-state index in [1.165, 1.54) is 9.26 Å². The topological polar surface area (TPSA) is 3.24 Å². The van der Waals surface area contributed by atoms with Crippen LogP contribution in [0.4, 0.5) is 5.69 Å². The van der Waals surface area contributed by atoms with E-state index in [4.69, 9.17) is 0 Å². The SMILES string of the molecule is C=CCN(C)c1ccccc1I. The van der Waals surface area contributed by atoms with E-state index in [-0.39, 0.29) is 0 Å². The molecule has 1 rings (SSSR count). The molecule has 0 heterocycles. The van der Waals surface area contributed by atoms with E-state index < -0.39 is 0 Å². The molecule has 0 bridgehead atoms. The molecule has 1 nitrogen and oxygen atoms in total. The van der Waals surface area contributed by atoms with Gasteiger partial charge in [-0.2, -0.15) is 0 Å². The Balaban J connectivity index is 2.86. The van der Waals surface area contributed by atoms with Crippen molar-refractivity contribution in [3.05, 3.63) is 40.5 Å². The van der Waals surface area contributed by atoms with Gasteiger partial charge in [0.25, 0.3) is 0 Å². The van der Waals surface area contributed by atoms with E-state index >= 15 is 0 Å². The molecule has 0 radical (unpaired) electrons. The summed E-state index contributed by atoms with van der Waals surface area (Å²) in [6.07, 6.45) is 1.91. The van der Waals surface area contributed by atoms with Crippen LogP contribution in [0.5, 0.6) is 0 Å². The number of benzene rings is 1. The molecular formula is C10H12IN. The molecule has 12 heavy (non-hydrogen) atoms. The van der Waals surface area contributed by atoms with Crippen molar-refractivity contribution in [2.45, 2.75) is 0 Å². The third kappa shape index (κ3) is 2.24. The Morgan fingerprint density at radius 1 is 1.50 bits per heavy atom. The van der Waals surface area contributed by atoms with Crippen LogP contribution in [0, 0.1) is 3.57 Å². The van der Waals surface area contributed by atoms with E-state index in [2.05, 4.69) is 59.3 Å². The molecule has 0 aliphatic carbocycles. The third-order valence-corrected chi connectivity index (χ3v) is 2.58. The highest BCUT2D eigenvalue weighted by Crippen LogP contribution is 2.20. The van der Waals surface area contributed by atoms with Crippen molar-refractivity contribution in [2.24, 2.45) is 0 Å². The first-order valence-corrected chi connectivity index (χ1v) is 4.90. The van der Waals surface area contributed by atoms with E-state index in [1.54, 1.807) is 0 Å². The van der Waals surface area contributed by atoms with Gasteiger partial charge in [0.2, 0.25) is 0 Å². The summed E-state index contributed by atoms with van der Waals surface area (Å²) in [7, 11) is 2.07. The average molecular weight is 273 g/mol. The van der Waals surface area contributed by atoms with Crippen LogP contribution >= 0.6 is 22.6 Å². The maximum Gasteiger partial charge on any atom is 0.0502 e. The minimum absolute atomic E-state index is 0.889. The smallest absolute Gasteiger partial charge is 0.0502 e. The third-order valence-electron chi connectivity index (χ3n) is 1.67. The molecule has 2 heteroatoms. The zero-order valence-corrected chi connectivity index (χ0v) is 9.28. The van der Waals surface area contributed by atoms with Crippen molar-refractivity contribution in [1.29, 1.82) is 0 Å². The van der Waals surface area contributed by atoms with Gasteiger partial charge in [0.1, 0.15) is 0 Å². The Hall–Kier alpha value is -0.510. The lowest BCUT2D eigenvalue weighted by Gasteiger charge is -2.18. The second-order valence-corrected chi connectivity index (χ2v) is 3.78. The predicted molar refractivity (Wildman–Crippen MR) is 62.6 cm³/mol. The highest BCUT2D eigenvalue weighted by Gasteiger charge is 2.01. The lowest BCUT2D eigenvalue weighted by Crippen LogP contribution is -2.17. The second-order valence-electron chi connectivity index (χ2n) is 2.62. The monoisotopic (exact) mass is 273 g/mol. The van der Waals surface area contributed by atoms with Crippen molar-refractivity contribution in [1.82, 2.24) is 0 Å². The van der Waals surface area contributed by atoms with Crippen molar-refractivity contribution in [3.63, 3.8) is 0 Å². The predicted octanol–water partition coefficient (Wildman–Crippen LogP) is 2.91. The molecule has 0 atom stereocenters. The molecule has 0 aliphatic rings. The van der Waals surface area contributed by atoms with Crippen molar-refractivity contribution >= 4 is 28.3 Å². The summed E-state index contributed by atoms with van der Waals surface area (Å²) in [6.45, 7) is 4.60. The fraction of sp³-hybridized carbons (Fsp3) is 0.200. The van der Waals surface area contributed by atoms with E-state index in [9.17, 15) is 0 Å². The van der Waals surface area contributed by atoms with Crippen LogP contribution in [-0.4, -0.2) is 13.6 Å². The van der Waals surface area contributed by atoms with E-state index in [0.717, 1.165) is 6.54 Å². The van der Waals surface area contributed by atoms with Gasteiger partial charge >= 0.3 is 0 Å². The fourth-order valence-electron chi connectivity index (χ4n) is 1.05. The van der Waals surface area contributed by atoms with Gasteiger partial charge in [0.05, 0.1) is 5.69 Å². The highest BCUT2D eigenvalue weighted by molar-refractivity contribution is 14.1. The van der Waals surface area contributed by atoms with E-state index in [0.29, 0.717) is 0 Å². The second kappa shape index (κ2) is 4.50. The summed E-state index contributed by atoms with van der Waals surface area (Å²) in [6, 6.07) is 8.32. The molecule has 0 unspecified atom stereocenters. The van der Waals surface area contributed by atoms with Gasteiger partial charge in [0, 0.05) is 17.2 Å². The minimum atomic E-state index is 0.889. The van der Waals surface area contributed by atoms with Gasteiger partial charge in [-0.1, -0.05) is 18.2 Å². The van der Waals surface area contributed by atoms with Gasteiger partial charge in [-0.05, 0) is 34.7 Å². The Morgan fingerprint density at radius 2 is 2.17 bits per heavy atom. The standard InChI is InChI=1S/C10H12IN/c1-3-8-12(2)10-7-5-4-6-9(10)11/h3-7H,1,8H2,2H3. The van der Waals surface area contributed by atoms with Gasteiger partial charge < -0.3 is 4.90 Å². The van der Waals surface area contributed by atoms with Crippen LogP contribution in [0.25, 0.3) is 0 Å². The lowest BCUT2D eigenvalue weighted by atomic mass is 10.3. The molecule has 0 spiro atoms. The first-order valence-electron chi connectivity index (χ1n) is 3.82. The number of halogens is 1. The number of likely N-dealkylation sites (N-methyl/N-ethyl adjacent to an activating group) is 1. The van der Waals surface area contributed by atoms with Gasteiger partial charge in [-0.25, -0.2) is 0 Å². The number of rotatable bonds is 3. The zero-order valence-electron chi connectivity index (χ0n) is 7.13. The molecule has 64 valence electrons. The van der Waals surface area contributed by atoms with E-state index in [1.807, 2.05) is 12.1 Å². The quantitative estimate of drug-likeness (QED) is 0.604. The number of anilines is 1. The number of nitrogens with zero attached hydrogens (tertiary/aromatic N) is 1. The van der Waals surface area contributed by atoms with Crippen LogP contribution < -0.4 is 4.90 Å². The summed E-state index contributed by atoms with van der Waals surface area (Å²) in [5.41, 5.74) is 1.26. The number of para-hydroxylation sites is 1. The van der Waals surface area contributed by atoms with Gasteiger partial charge in [-0.3, -0.25) is 0 Å². The van der Waals surface area contributed by atoms with Crippen LogP contribution in [-0.2, 0) is 0 Å². The molecule has 0 fully saturated rings. The molecule has 0 N–H and O–H groups in total. The molecule has 0 aromatic heterocycles. The van der Waals surface area contributed by atoms with Crippen molar-refractivity contribution in [2.75, 3.05) is 18.5 Å². The van der Waals surface area contributed by atoms with Crippen molar-refractivity contribution in [3.8, 4) is 0 Å². The van der Waals surface area contributed by atoms with Crippen LogP contribution in [0.1, 0.15) is 0 Å². The maximum absolute atomic E-state index is 3.71. The maximum atomic E-state index is 3.71. The Bertz CT molecular complexity index is 270. The van der Waals surface area contributed by atoms with Gasteiger partial charge in [-0.15, -0.1) is 6.58 Å². The van der Waals surface area contributed by atoms with Crippen LogP contribution in [0.2, 0.25) is 0 Å². The molecule has 0 saturated heterocycles. The normalized spacial score (nSPS) is 9.50. The Morgan fingerprint density at radius 3 is 2.75 bits per heavy atom. The minimum Gasteiger partial charge on any atom is -0.370 e. The van der Waals surface area contributed by atoms with Crippen LogP contribution in [0.3, 0.4) is 0 Å². The summed E-state index contributed by atoms with van der Waals surface area (Å²) in [5.74, 6) is 0. The Kier molecular flexibility index (Phi) is 3.59. The fourth-order valence-corrected chi connectivity index (χ4v) is 1.85. The van der Waals surface area contributed by atoms with Crippen molar-refractivity contribution < 1.29 is 0 Å². The molecular weight excluding hydrogens is 261 g/mol. The van der Waals surface area contributed by atoms with Gasteiger partial charge in [0.15, 0.2) is 0 Å². The molecule has 1 aromatic carbocycles. The first kappa shape index (κ1) is 9.58. The molecule has 1 aromatic rings. The Labute approximate surface area is 87.2 Å². The summed E-state index contributed by atoms with van der Waals surface area (Å²) >= 11 is 2.34. The largest absolute Gasteiger partial charge is 0.370 e. The van der Waals surface area contributed by atoms with Crippen LogP contribution in [0.15, 0.2) is 36.9 Å². The summed E-state index contributed by atoms with van der Waals surface area (Å²) in [5, 5.41) is 0. The summed E-state index contributed by atoms with van der Waals surface area (Å²) < 4.78 is 1.28. The number of hydrogen-bond donors (Lipinski definition) is 0. The lowest BCUT2D eigenvalue weighted by molar-refractivity contribution is 1.03. The molecule has 0 aliphatic heterocycles. The first-order chi connectivity index (χ1) is 5.75. The summed E-state index contributed by atoms with van der Waals surface area (Å²) in [4.78, 5) is 2.18. The molecule has 0 amide bonds. The average Bonchev–Trinajstić information content (AvgIpc) is 2.05. The zero-order chi connectivity index (χ0) is 8.97.